The van der Waals surface area contributed by atoms with E-state index in [1.807, 2.05) is 0 Å². The highest BCUT2D eigenvalue weighted by molar-refractivity contribution is 5.98. The van der Waals surface area contributed by atoms with E-state index in [0.29, 0.717) is 12.6 Å². The Kier molecular flexibility index (Phi) is 5.76. The molecule has 0 bridgehead atoms. The molecule has 0 unspecified atom stereocenters. The predicted molar refractivity (Wildman–Crippen MR) is 65.9 cm³/mol. The fourth-order valence-corrected chi connectivity index (χ4v) is 2.16. The molecule has 6 nitrogen and oxygen atoms in total. The molecule has 98 valence electrons. The molecular weight excluding hydrogens is 220 g/mol. The van der Waals surface area contributed by atoms with Crippen molar-refractivity contribution < 1.29 is 10.0 Å². The van der Waals surface area contributed by atoms with Crippen molar-refractivity contribution >= 4 is 11.7 Å². The third kappa shape index (κ3) is 5.04. The number of rotatable bonds is 6. The summed E-state index contributed by atoms with van der Waals surface area (Å²) < 4.78 is 0. The molecule has 6 heteroatoms. The predicted octanol–water partition coefficient (Wildman–Crippen LogP) is 0.114. The van der Waals surface area contributed by atoms with Crippen LogP contribution in [-0.2, 0) is 4.79 Å². The van der Waals surface area contributed by atoms with Crippen LogP contribution in [0.2, 0.25) is 0 Å². The van der Waals surface area contributed by atoms with E-state index in [0.717, 1.165) is 6.54 Å². The number of carbonyl (C=O) groups is 1. The standard InChI is InChI=1S/C11H22N4O2/c1-15(9-4-2-3-5-9)7-6-13-11(16)8-10(12)14-17/h9,17H,2-8H2,1H3,(H2,12,14)(H,13,16). The number of nitrogens with zero attached hydrogens (tertiary/aromatic N) is 2. The van der Waals surface area contributed by atoms with E-state index in [1.165, 1.54) is 25.7 Å². The first-order valence-electron chi connectivity index (χ1n) is 6.07. The lowest BCUT2D eigenvalue weighted by atomic mass is 10.2. The summed E-state index contributed by atoms with van der Waals surface area (Å²) in [6, 6.07) is 0.663. The third-order valence-corrected chi connectivity index (χ3v) is 3.20. The van der Waals surface area contributed by atoms with Gasteiger partial charge in [-0.1, -0.05) is 18.0 Å². The Morgan fingerprint density at radius 3 is 2.76 bits per heavy atom. The molecule has 1 saturated carbocycles. The summed E-state index contributed by atoms with van der Waals surface area (Å²) in [5, 5.41) is 13.8. The zero-order valence-electron chi connectivity index (χ0n) is 10.4. The van der Waals surface area contributed by atoms with Gasteiger partial charge in [0.05, 0.1) is 6.42 Å². The molecule has 0 aromatic carbocycles. The first kappa shape index (κ1) is 13.8. The van der Waals surface area contributed by atoms with E-state index < -0.39 is 0 Å². The minimum absolute atomic E-state index is 0.0519. The second kappa shape index (κ2) is 7.11. The maximum Gasteiger partial charge on any atom is 0.227 e. The van der Waals surface area contributed by atoms with Crippen LogP contribution in [0.25, 0.3) is 0 Å². The van der Waals surface area contributed by atoms with Gasteiger partial charge in [0, 0.05) is 19.1 Å². The molecule has 1 aliphatic rings. The van der Waals surface area contributed by atoms with E-state index in [9.17, 15) is 4.79 Å². The van der Waals surface area contributed by atoms with Gasteiger partial charge in [0.2, 0.25) is 5.91 Å². The molecule has 0 heterocycles. The fraction of sp³-hybridized carbons (Fsp3) is 0.818. The van der Waals surface area contributed by atoms with Crippen LogP contribution in [0.4, 0.5) is 0 Å². The average molecular weight is 242 g/mol. The maximum absolute atomic E-state index is 11.3. The Balaban J connectivity index is 2.12. The quantitative estimate of drug-likeness (QED) is 0.267. The van der Waals surface area contributed by atoms with Crippen molar-refractivity contribution in [1.82, 2.24) is 10.2 Å². The van der Waals surface area contributed by atoms with Crippen molar-refractivity contribution in [1.29, 1.82) is 0 Å². The van der Waals surface area contributed by atoms with E-state index in [1.54, 1.807) is 0 Å². The molecule has 1 aliphatic carbocycles. The van der Waals surface area contributed by atoms with Crippen LogP contribution in [-0.4, -0.2) is 48.0 Å². The van der Waals surface area contributed by atoms with Gasteiger partial charge in [0.15, 0.2) is 0 Å². The highest BCUT2D eigenvalue weighted by atomic mass is 16.4. The molecule has 1 amide bonds. The van der Waals surface area contributed by atoms with Crippen LogP contribution in [0.15, 0.2) is 5.16 Å². The maximum atomic E-state index is 11.3. The topological polar surface area (TPSA) is 91.0 Å². The average Bonchev–Trinajstić information content (AvgIpc) is 2.82. The van der Waals surface area contributed by atoms with Crippen LogP contribution in [0.3, 0.4) is 0 Å². The molecular formula is C11H22N4O2. The number of hydrogen-bond donors (Lipinski definition) is 3. The van der Waals surface area contributed by atoms with E-state index in [4.69, 9.17) is 10.9 Å². The van der Waals surface area contributed by atoms with E-state index in [-0.39, 0.29) is 18.2 Å². The Labute approximate surface area is 102 Å². The monoisotopic (exact) mass is 242 g/mol. The van der Waals surface area contributed by atoms with Gasteiger partial charge in [-0.05, 0) is 19.9 Å². The number of nitrogens with two attached hydrogens (primary N) is 1. The first-order valence-corrected chi connectivity index (χ1v) is 6.07. The van der Waals surface area contributed by atoms with Gasteiger partial charge in [0.25, 0.3) is 0 Å². The molecule has 0 aromatic rings. The Morgan fingerprint density at radius 2 is 2.18 bits per heavy atom. The number of hydrogen-bond acceptors (Lipinski definition) is 4. The number of amidine groups is 1. The molecule has 4 N–H and O–H groups in total. The zero-order chi connectivity index (χ0) is 12.7. The molecule has 0 spiro atoms. The summed E-state index contributed by atoms with van der Waals surface area (Å²) in [6.07, 6.45) is 5.09. The highest BCUT2D eigenvalue weighted by Gasteiger charge is 2.18. The van der Waals surface area contributed by atoms with Crippen LogP contribution >= 0.6 is 0 Å². The summed E-state index contributed by atoms with van der Waals surface area (Å²) in [7, 11) is 2.09. The lowest BCUT2D eigenvalue weighted by Crippen LogP contribution is -2.38. The van der Waals surface area contributed by atoms with Crippen LogP contribution < -0.4 is 11.1 Å². The summed E-state index contributed by atoms with van der Waals surface area (Å²) in [5.41, 5.74) is 5.23. The van der Waals surface area contributed by atoms with Gasteiger partial charge in [-0.15, -0.1) is 0 Å². The molecule has 0 aromatic heterocycles. The number of amides is 1. The van der Waals surface area contributed by atoms with Crippen molar-refractivity contribution in [3.8, 4) is 0 Å². The SMILES string of the molecule is CN(CCNC(=O)CC(N)=NO)C1CCCC1. The largest absolute Gasteiger partial charge is 0.409 e. The lowest BCUT2D eigenvalue weighted by Gasteiger charge is -2.23. The first-order chi connectivity index (χ1) is 8.13. The van der Waals surface area contributed by atoms with Crippen molar-refractivity contribution in [2.75, 3.05) is 20.1 Å². The van der Waals surface area contributed by atoms with Gasteiger partial charge < -0.3 is 21.2 Å². The van der Waals surface area contributed by atoms with Crippen LogP contribution in [0.1, 0.15) is 32.1 Å². The Morgan fingerprint density at radius 1 is 1.53 bits per heavy atom. The Hall–Kier alpha value is -1.30. The molecule has 1 rings (SSSR count). The van der Waals surface area contributed by atoms with Crippen molar-refractivity contribution in [3.05, 3.63) is 0 Å². The van der Waals surface area contributed by atoms with Gasteiger partial charge in [-0.3, -0.25) is 4.79 Å². The molecule has 0 saturated heterocycles. The number of oxime groups is 1. The second-order valence-corrected chi connectivity index (χ2v) is 4.54. The Bertz CT molecular complexity index is 275. The van der Waals surface area contributed by atoms with Crippen molar-refractivity contribution in [3.63, 3.8) is 0 Å². The molecule has 17 heavy (non-hydrogen) atoms. The smallest absolute Gasteiger partial charge is 0.227 e. The molecule has 1 fully saturated rings. The zero-order valence-corrected chi connectivity index (χ0v) is 10.4. The molecule has 0 radical (unpaired) electrons. The summed E-state index contributed by atoms with van der Waals surface area (Å²) >= 11 is 0. The van der Waals surface area contributed by atoms with Crippen molar-refractivity contribution in [2.45, 2.75) is 38.1 Å². The highest BCUT2D eigenvalue weighted by Crippen LogP contribution is 2.21. The van der Waals surface area contributed by atoms with E-state index in [2.05, 4.69) is 22.4 Å². The normalized spacial score (nSPS) is 17.6. The van der Waals surface area contributed by atoms with Gasteiger partial charge in [0.1, 0.15) is 5.84 Å². The van der Waals surface area contributed by atoms with Crippen LogP contribution in [0.5, 0.6) is 0 Å². The lowest BCUT2D eigenvalue weighted by molar-refractivity contribution is -0.120. The summed E-state index contributed by atoms with van der Waals surface area (Å²) in [4.78, 5) is 13.6. The third-order valence-electron chi connectivity index (χ3n) is 3.20. The fourth-order valence-electron chi connectivity index (χ4n) is 2.16. The van der Waals surface area contributed by atoms with Crippen molar-refractivity contribution in [2.24, 2.45) is 10.9 Å². The van der Waals surface area contributed by atoms with Crippen LogP contribution in [0, 0.1) is 0 Å². The number of nitrogens with one attached hydrogen (secondary N) is 1. The molecule has 0 atom stereocenters. The minimum atomic E-state index is -0.208. The van der Waals surface area contributed by atoms with Gasteiger partial charge >= 0.3 is 0 Å². The number of carbonyl (C=O) groups excluding carboxylic acids is 1. The number of likely N-dealkylation sites (N-methyl/N-ethyl adjacent to an activating group) is 1. The summed E-state index contributed by atoms with van der Waals surface area (Å²) in [5.74, 6) is -0.272. The summed E-state index contributed by atoms with van der Waals surface area (Å²) in [6.45, 7) is 1.44. The second-order valence-electron chi connectivity index (χ2n) is 4.54. The van der Waals surface area contributed by atoms with Gasteiger partial charge in [-0.2, -0.15) is 0 Å². The minimum Gasteiger partial charge on any atom is -0.409 e. The van der Waals surface area contributed by atoms with E-state index >= 15 is 0 Å². The van der Waals surface area contributed by atoms with Gasteiger partial charge in [-0.25, -0.2) is 0 Å². The molecule has 0 aliphatic heterocycles.